The van der Waals surface area contributed by atoms with Gasteiger partial charge in [0.25, 0.3) is 0 Å². The first kappa shape index (κ1) is 14.4. The maximum atomic E-state index is 11.5. The Hall–Kier alpha value is -1.65. The lowest BCUT2D eigenvalue weighted by Crippen LogP contribution is -2.34. The van der Waals surface area contributed by atoms with Crippen LogP contribution in [0.25, 0.3) is 0 Å². The van der Waals surface area contributed by atoms with E-state index in [1.54, 1.807) is 12.2 Å². The van der Waals surface area contributed by atoms with Crippen LogP contribution in [-0.4, -0.2) is 30.2 Å². The molecule has 0 radical (unpaired) electrons. The third-order valence-corrected chi connectivity index (χ3v) is 2.55. The SMILES string of the molecule is NC/C=C/CNC(=O)C(O)CCc1ccccc1. The summed E-state index contributed by atoms with van der Waals surface area (Å²) < 4.78 is 0. The molecule has 1 aromatic carbocycles. The molecular formula is C14H20N2O2. The van der Waals surface area contributed by atoms with Crippen molar-refractivity contribution in [2.24, 2.45) is 5.73 Å². The van der Waals surface area contributed by atoms with Gasteiger partial charge in [0, 0.05) is 13.1 Å². The second-order valence-electron chi connectivity index (χ2n) is 3.99. The number of amides is 1. The Morgan fingerprint density at radius 1 is 1.33 bits per heavy atom. The van der Waals surface area contributed by atoms with Gasteiger partial charge in [0.05, 0.1) is 0 Å². The van der Waals surface area contributed by atoms with Crippen molar-refractivity contribution in [2.45, 2.75) is 18.9 Å². The second-order valence-corrected chi connectivity index (χ2v) is 3.99. The molecule has 0 fully saturated rings. The number of nitrogens with one attached hydrogen (secondary N) is 1. The highest BCUT2D eigenvalue weighted by Crippen LogP contribution is 2.04. The molecule has 0 heterocycles. The number of carbonyl (C=O) groups excluding carboxylic acids is 1. The number of hydrogen-bond acceptors (Lipinski definition) is 3. The van der Waals surface area contributed by atoms with Gasteiger partial charge < -0.3 is 16.2 Å². The van der Waals surface area contributed by atoms with Gasteiger partial charge >= 0.3 is 0 Å². The molecule has 1 atom stereocenters. The van der Waals surface area contributed by atoms with E-state index in [2.05, 4.69) is 5.32 Å². The van der Waals surface area contributed by atoms with Crippen LogP contribution in [0.3, 0.4) is 0 Å². The van der Waals surface area contributed by atoms with Gasteiger partial charge in [-0.2, -0.15) is 0 Å². The minimum Gasteiger partial charge on any atom is -0.383 e. The van der Waals surface area contributed by atoms with Crippen LogP contribution in [0.5, 0.6) is 0 Å². The summed E-state index contributed by atoms with van der Waals surface area (Å²) in [6.45, 7) is 0.852. The van der Waals surface area contributed by atoms with E-state index in [1.807, 2.05) is 30.3 Å². The number of carbonyl (C=O) groups is 1. The van der Waals surface area contributed by atoms with Gasteiger partial charge in [-0.3, -0.25) is 4.79 Å². The molecule has 0 spiro atoms. The van der Waals surface area contributed by atoms with E-state index in [1.165, 1.54) is 0 Å². The summed E-state index contributed by atoms with van der Waals surface area (Å²) in [6, 6.07) is 9.79. The minimum absolute atomic E-state index is 0.340. The predicted octanol–water partition coefficient (Wildman–Crippen LogP) is 0.611. The van der Waals surface area contributed by atoms with Crippen LogP contribution in [-0.2, 0) is 11.2 Å². The Kier molecular flexibility index (Phi) is 6.76. The molecule has 4 nitrogen and oxygen atoms in total. The zero-order chi connectivity index (χ0) is 13.2. The Balaban J connectivity index is 2.25. The topological polar surface area (TPSA) is 75.3 Å². The summed E-state index contributed by atoms with van der Waals surface area (Å²) in [5, 5.41) is 12.3. The van der Waals surface area contributed by atoms with Crippen LogP contribution in [0.15, 0.2) is 42.5 Å². The molecule has 1 unspecified atom stereocenters. The molecule has 0 saturated heterocycles. The van der Waals surface area contributed by atoms with E-state index < -0.39 is 6.10 Å². The van der Waals surface area contributed by atoms with E-state index in [4.69, 9.17) is 5.73 Å². The third kappa shape index (κ3) is 5.61. The van der Waals surface area contributed by atoms with E-state index in [0.717, 1.165) is 5.56 Å². The van der Waals surface area contributed by atoms with Crippen molar-refractivity contribution in [2.75, 3.05) is 13.1 Å². The van der Waals surface area contributed by atoms with Crippen molar-refractivity contribution in [3.63, 3.8) is 0 Å². The summed E-state index contributed by atoms with van der Waals surface area (Å²) in [7, 11) is 0. The standard InChI is InChI=1S/C14H20N2O2/c15-10-4-5-11-16-14(18)13(17)9-8-12-6-2-1-3-7-12/h1-7,13,17H,8-11,15H2,(H,16,18)/b5-4+. The van der Waals surface area contributed by atoms with Crippen molar-refractivity contribution in [1.82, 2.24) is 5.32 Å². The zero-order valence-corrected chi connectivity index (χ0v) is 10.4. The molecule has 0 bridgehead atoms. The van der Waals surface area contributed by atoms with Gasteiger partial charge in [0.1, 0.15) is 6.10 Å². The van der Waals surface area contributed by atoms with Crippen LogP contribution in [0.4, 0.5) is 0 Å². The lowest BCUT2D eigenvalue weighted by atomic mass is 10.1. The number of aliphatic hydroxyl groups excluding tert-OH is 1. The maximum absolute atomic E-state index is 11.5. The number of hydrogen-bond donors (Lipinski definition) is 3. The molecule has 0 aliphatic rings. The molecular weight excluding hydrogens is 228 g/mol. The first-order valence-corrected chi connectivity index (χ1v) is 6.09. The van der Waals surface area contributed by atoms with Gasteiger partial charge in [-0.1, -0.05) is 42.5 Å². The average Bonchev–Trinajstić information content (AvgIpc) is 2.42. The van der Waals surface area contributed by atoms with E-state index in [9.17, 15) is 9.90 Å². The van der Waals surface area contributed by atoms with E-state index in [-0.39, 0.29) is 5.91 Å². The molecule has 0 saturated carbocycles. The highest BCUT2D eigenvalue weighted by molar-refractivity contribution is 5.80. The maximum Gasteiger partial charge on any atom is 0.249 e. The fourth-order valence-electron chi connectivity index (χ4n) is 1.54. The highest BCUT2D eigenvalue weighted by Gasteiger charge is 2.13. The summed E-state index contributed by atoms with van der Waals surface area (Å²) >= 11 is 0. The van der Waals surface area contributed by atoms with Gasteiger partial charge in [0.15, 0.2) is 0 Å². The van der Waals surface area contributed by atoms with Crippen molar-refractivity contribution in [3.8, 4) is 0 Å². The summed E-state index contributed by atoms with van der Waals surface area (Å²) in [6.07, 6.45) is 3.68. The summed E-state index contributed by atoms with van der Waals surface area (Å²) in [5.74, 6) is -0.340. The van der Waals surface area contributed by atoms with Gasteiger partial charge in [-0.25, -0.2) is 0 Å². The second kappa shape index (κ2) is 8.44. The van der Waals surface area contributed by atoms with Crippen molar-refractivity contribution in [3.05, 3.63) is 48.0 Å². The number of rotatable bonds is 7. The van der Waals surface area contributed by atoms with Crippen LogP contribution in [0.2, 0.25) is 0 Å². The van der Waals surface area contributed by atoms with Crippen molar-refractivity contribution >= 4 is 5.91 Å². The fraction of sp³-hybridized carbons (Fsp3) is 0.357. The number of benzene rings is 1. The van der Waals surface area contributed by atoms with E-state index in [0.29, 0.717) is 25.9 Å². The molecule has 1 aromatic rings. The lowest BCUT2D eigenvalue weighted by Gasteiger charge is -2.10. The lowest BCUT2D eigenvalue weighted by molar-refractivity contribution is -0.129. The third-order valence-electron chi connectivity index (χ3n) is 2.55. The van der Waals surface area contributed by atoms with Crippen molar-refractivity contribution in [1.29, 1.82) is 0 Å². The molecule has 1 amide bonds. The van der Waals surface area contributed by atoms with Crippen LogP contribution >= 0.6 is 0 Å². The Bertz CT molecular complexity index is 377. The molecule has 0 aliphatic heterocycles. The van der Waals surface area contributed by atoms with Crippen LogP contribution in [0.1, 0.15) is 12.0 Å². The number of aliphatic hydroxyl groups is 1. The zero-order valence-electron chi connectivity index (χ0n) is 10.4. The monoisotopic (exact) mass is 248 g/mol. The Morgan fingerprint density at radius 3 is 2.72 bits per heavy atom. The molecule has 0 aromatic heterocycles. The molecule has 4 N–H and O–H groups in total. The average molecular weight is 248 g/mol. The summed E-state index contributed by atoms with van der Waals surface area (Å²) in [5.41, 5.74) is 6.39. The van der Waals surface area contributed by atoms with Gasteiger partial charge in [-0.15, -0.1) is 0 Å². The first-order chi connectivity index (χ1) is 8.74. The Labute approximate surface area is 108 Å². The van der Waals surface area contributed by atoms with Gasteiger partial charge in [0.2, 0.25) is 5.91 Å². The highest BCUT2D eigenvalue weighted by atomic mass is 16.3. The van der Waals surface area contributed by atoms with Crippen LogP contribution in [0, 0.1) is 0 Å². The first-order valence-electron chi connectivity index (χ1n) is 6.09. The molecule has 18 heavy (non-hydrogen) atoms. The number of aryl methyl sites for hydroxylation is 1. The number of nitrogens with two attached hydrogens (primary N) is 1. The molecule has 0 aliphatic carbocycles. The van der Waals surface area contributed by atoms with Crippen molar-refractivity contribution < 1.29 is 9.90 Å². The largest absolute Gasteiger partial charge is 0.383 e. The van der Waals surface area contributed by atoms with E-state index >= 15 is 0 Å². The molecule has 4 heteroatoms. The molecule has 1 rings (SSSR count). The smallest absolute Gasteiger partial charge is 0.249 e. The Morgan fingerprint density at radius 2 is 2.06 bits per heavy atom. The quantitative estimate of drug-likeness (QED) is 0.619. The fourth-order valence-corrected chi connectivity index (χ4v) is 1.54. The normalized spacial score (nSPS) is 12.6. The predicted molar refractivity (Wildman–Crippen MR) is 72.0 cm³/mol. The molecule has 98 valence electrons. The van der Waals surface area contributed by atoms with Crippen LogP contribution < -0.4 is 11.1 Å². The summed E-state index contributed by atoms with van der Waals surface area (Å²) in [4.78, 5) is 11.5. The van der Waals surface area contributed by atoms with Gasteiger partial charge in [-0.05, 0) is 18.4 Å². The minimum atomic E-state index is -0.962.